The van der Waals surface area contributed by atoms with Crippen LogP contribution in [0.25, 0.3) is 0 Å². The molecule has 0 spiro atoms. The van der Waals surface area contributed by atoms with Crippen LogP contribution in [-0.2, 0) is 4.79 Å². The summed E-state index contributed by atoms with van der Waals surface area (Å²) in [6, 6.07) is 14.8. The van der Waals surface area contributed by atoms with E-state index in [0.29, 0.717) is 13.2 Å². The van der Waals surface area contributed by atoms with Crippen molar-refractivity contribution in [2.75, 3.05) is 39.2 Å². The van der Waals surface area contributed by atoms with Gasteiger partial charge in [-0.3, -0.25) is 9.69 Å². The molecule has 1 amide bonds. The lowest BCUT2D eigenvalue weighted by molar-refractivity contribution is -0.117. The quantitative estimate of drug-likeness (QED) is 0.874. The van der Waals surface area contributed by atoms with E-state index in [1.165, 1.54) is 0 Å². The predicted molar refractivity (Wildman–Crippen MR) is 95.5 cm³/mol. The standard InChI is InChI=1S/C19H22N2O4/c1-21(11-16-13-24-17-5-3-4-6-18(17)25-16)12-19(22)20-14-7-9-15(23-2)10-8-14/h3-10,16H,11-13H2,1-2H3,(H,20,22). The van der Waals surface area contributed by atoms with Crippen molar-refractivity contribution in [2.24, 2.45) is 0 Å². The van der Waals surface area contributed by atoms with E-state index in [0.717, 1.165) is 22.9 Å². The molecule has 6 heteroatoms. The minimum atomic E-state index is -0.103. The third-order valence-electron chi connectivity index (χ3n) is 3.87. The second-order valence-corrected chi connectivity index (χ2v) is 5.97. The summed E-state index contributed by atoms with van der Waals surface area (Å²) in [6.45, 7) is 1.35. The number of likely N-dealkylation sites (N-methyl/N-ethyl adjacent to an activating group) is 1. The predicted octanol–water partition coefficient (Wildman–Crippen LogP) is 2.41. The monoisotopic (exact) mass is 342 g/mol. The van der Waals surface area contributed by atoms with Crippen LogP contribution in [0.2, 0.25) is 0 Å². The maximum absolute atomic E-state index is 12.2. The zero-order chi connectivity index (χ0) is 17.6. The first-order chi connectivity index (χ1) is 12.1. The molecule has 1 atom stereocenters. The van der Waals surface area contributed by atoms with Gasteiger partial charge in [0.1, 0.15) is 18.5 Å². The summed E-state index contributed by atoms with van der Waals surface area (Å²) < 4.78 is 16.7. The van der Waals surface area contributed by atoms with Gasteiger partial charge in [-0.15, -0.1) is 0 Å². The van der Waals surface area contributed by atoms with E-state index in [2.05, 4.69) is 5.32 Å². The number of benzene rings is 2. The molecule has 2 aromatic carbocycles. The van der Waals surface area contributed by atoms with Crippen molar-refractivity contribution < 1.29 is 19.0 Å². The number of methoxy groups -OCH3 is 1. The van der Waals surface area contributed by atoms with Gasteiger partial charge in [-0.25, -0.2) is 0 Å². The normalized spacial score (nSPS) is 15.7. The summed E-state index contributed by atoms with van der Waals surface area (Å²) in [7, 11) is 3.50. The third-order valence-corrected chi connectivity index (χ3v) is 3.87. The molecule has 2 aromatic rings. The fraction of sp³-hybridized carbons (Fsp3) is 0.316. The molecule has 0 fully saturated rings. The molecule has 1 aliphatic heterocycles. The van der Waals surface area contributed by atoms with E-state index in [-0.39, 0.29) is 18.6 Å². The molecule has 0 radical (unpaired) electrons. The van der Waals surface area contributed by atoms with Crippen LogP contribution in [0.1, 0.15) is 0 Å². The first kappa shape index (κ1) is 17.1. The molecule has 6 nitrogen and oxygen atoms in total. The summed E-state index contributed by atoms with van der Waals surface area (Å²) in [5.41, 5.74) is 0.741. The molecule has 1 aliphatic rings. The van der Waals surface area contributed by atoms with Crippen LogP contribution in [0.3, 0.4) is 0 Å². The van der Waals surface area contributed by atoms with E-state index in [4.69, 9.17) is 14.2 Å². The van der Waals surface area contributed by atoms with Gasteiger partial charge in [0.25, 0.3) is 0 Å². The molecule has 1 heterocycles. The molecule has 1 unspecified atom stereocenters. The Kier molecular flexibility index (Phi) is 5.40. The number of fused-ring (bicyclic) bond motifs is 1. The lowest BCUT2D eigenvalue weighted by Gasteiger charge is -2.29. The summed E-state index contributed by atoms with van der Waals surface area (Å²) in [5, 5.41) is 2.87. The van der Waals surface area contributed by atoms with Gasteiger partial charge in [-0.2, -0.15) is 0 Å². The topological polar surface area (TPSA) is 60.0 Å². The van der Waals surface area contributed by atoms with Crippen molar-refractivity contribution in [1.29, 1.82) is 0 Å². The second kappa shape index (κ2) is 7.90. The van der Waals surface area contributed by atoms with Crippen molar-refractivity contribution in [1.82, 2.24) is 4.90 Å². The first-order valence-corrected chi connectivity index (χ1v) is 8.15. The Morgan fingerprint density at radius 3 is 2.64 bits per heavy atom. The molecular weight excluding hydrogens is 320 g/mol. The molecule has 0 aromatic heterocycles. The highest BCUT2D eigenvalue weighted by Crippen LogP contribution is 2.30. The number of carbonyl (C=O) groups is 1. The van der Waals surface area contributed by atoms with E-state index in [9.17, 15) is 4.79 Å². The fourth-order valence-electron chi connectivity index (χ4n) is 2.69. The van der Waals surface area contributed by atoms with Gasteiger partial charge < -0.3 is 19.5 Å². The summed E-state index contributed by atoms with van der Waals surface area (Å²) in [4.78, 5) is 14.1. The van der Waals surface area contributed by atoms with E-state index >= 15 is 0 Å². The SMILES string of the molecule is COc1ccc(NC(=O)CN(C)CC2COc3ccccc3O2)cc1. The number of nitrogens with one attached hydrogen (secondary N) is 1. The maximum atomic E-state index is 12.2. The number of nitrogens with zero attached hydrogens (tertiary/aromatic N) is 1. The van der Waals surface area contributed by atoms with Crippen LogP contribution in [-0.4, -0.2) is 50.8 Å². The zero-order valence-corrected chi connectivity index (χ0v) is 14.4. The van der Waals surface area contributed by atoms with Crippen LogP contribution >= 0.6 is 0 Å². The molecule has 25 heavy (non-hydrogen) atoms. The first-order valence-electron chi connectivity index (χ1n) is 8.15. The largest absolute Gasteiger partial charge is 0.497 e. The number of hydrogen-bond acceptors (Lipinski definition) is 5. The number of ether oxygens (including phenoxy) is 3. The molecular formula is C19H22N2O4. The highest BCUT2D eigenvalue weighted by atomic mass is 16.6. The average Bonchev–Trinajstić information content (AvgIpc) is 2.62. The van der Waals surface area contributed by atoms with Crippen LogP contribution in [0.4, 0.5) is 5.69 Å². The van der Waals surface area contributed by atoms with Crippen LogP contribution in [0, 0.1) is 0 Å². The fourth-order valence-corrected chi connectivity index (χ4v) is 2.69. The van der Waals surface area contributed by atoms with Crippen molar-refractivity contribution in [3.05, 3.63) is 48.5 Å². The molecule has 0 saturated heterocycles. The van der Waals surface area contributed by atoms with Crippen molar-refractivity contribution in [3.63, 3.8) is 0 Å². The van der Waals surface area contributed by atoms with Crippen LogP contribution in [0.5, 0.6) is 17.2 Å². The number of rotatable bonds is 6. The highest BCUT2D eigenvalue weighted by molar-refractivity contribution is 5.92. The molecule has 1 N–H and O–H groups in total. The number of hydrogen-bond donors (Lipinski definition) is 1. The van der Waals surface area contributed by atoms with Gasteiger partial charge in [0.15, 0.2) is 11.5 Å². The number of anilines is 1. The molecule has 3 rings (SSSR count). The Bertz CT molecular complexity index is 718. The van der Waals surface area contributed by atoms with E-state index in [1.807, 2.05) is 60.5 Å². The number of carbonyl (C=O) groups excluding carboxylic acids is 1. The van der Waals surface area contributed by atoms with Crippen LogP contribution < -0.4 is 19.5 Å². The van der Waals surface area contributed by atoms with Crippen LogP contribution in [0.15, 0.2) is 48.5 Å². The van der Waals surface area contributed by atoms with E-state index in [1.54, 1.807) is 7.11 Å². The Balaban J connectivity index is 1.47. The summed E-state index contributed by atoms with van der Waals surface area (Å²) >= 11 is 0. The van der Waals surface area contributed by atoms with Gasteiger partial charge in [0, 0.05) is 12.2 Å². The lowest BCUT2D eigenvalue weighted by Crippen LogP contribution is -2.42. The molecule has 132 valence electrons. The van der Waals surface area contributed by atoms with E-state index < -0.39 is 0 Å². The Hall–Kier alpha value is -2.73. The number of para-hydroxylation sites is 2. The van der Waals surface area contributed by atoms with Gasteiger partial charge in [0.05, 0.1) is 13.7 Å². The summed E-state index contributed by atoms with van der Waals surface area (Å²) in [5.74, 6) is 2.18. The Morgan fingerprint density at radius 2 is 1.92 bits per heavy atom. The van der Waals surface area contributed by atoms with Crippen molar-refractivity contribution in [3.8, 4) is 17.2 Å². The zero-order valence-electron chi connectivity index (χ0n) is 14.4. The highest BCUT2D eigenvalue weighted by Gasteiger charge is 2.22. The minimum Gasteiger partial charge on any atom is -0.497 e. The molecule has 0 bridgehead atoms. The Labute approximate surface area is 147 Å². The number of amides is 1. The summed E-state index contributed by atoms with van der Waals surface area (Å²) in [6.07, 6.45) is -0.103. The van der Waals surface area contributed by atoms with Gasteiger partial charge in [-0.1, -0.05) is 12.1 Å². The minimum absolute atomic E-state index is 0.0789. The molecule has 0 saturated carbocycles. The average molecular weight is 342 g/mol. The maximum Gasteiger partial charge on any atom is 0.238 e. The van der Waals surface area contributed by atoms with Gasteiger partial charge >= 0.3 is 0 Å². The third kappa shape index (κ3) is 4.64. The van der Waals surface area contributed by atoms with Gasteiger partial charge in [-0.05, 0) is 43.4 Å². The smallest absolute Gasteiger partial charge is 0.238 e. The van der Waals surface area contributed by atoms with Crippen molar-refractivity contribution >= 4 is 11.6 Å². The Morgan fingerprint density at radius 1 is 1.20 bits per heavy atom. The lowest BCUT2D eigenvalue weighted by atomic mass is 10.2. The molecule has 0 aliphatic carbocycles. The second-order valence-electron chi connectivity index (χ2n) is 5.97. The van der Waals surface area contributed by atoms with Crippen molar-refractivity contribution in [2.45, 2.75) is 6.10 Å². The van der Waals surface area contributed by atoms with Gasteiger partial charge in [0.2, 0.25) is 5.91 Å².